The van der Waals surface area contributed by atoms with Gasteiger partial charge in [0.05, 0.1) is 12.2 Å². The molecule has 1 aromatic heterocycles. The number of aryl methyl sites for hydroxylation is 2. The summed E-state index contributed by atoms with van der Waals surface area (Å²) in [6.45, 7) is 4.38. The van der Waals surface area contributed by atoms with E-state index in [-0.39, 0.29) is 11.5 Å². The molecule has 0 atom stereocenters. The van der Waals surface area contributed by atoms with Crippen LogP contribution in [0.5, 0.6) is 0 Å². The van der Waals surface area contributed by atoms with Crippen LogP contribution in [0.1, 0.15) is 31.1 Å². The molecule has 0 fully saturated rings. The SMILES string of the molecule is CCc1nc(CC)n(Cc2cccc(N)c2F)n1. The molecule has 2 aromatic rings. The lowest BCUT2D eigenvalue weighted by Crippen LogP contribution is -2.08. The largest absolute Gasteiger partial charge is 0.396 e. The number of hydrogen-bond acceptors (Lipinski definition) is 3. The number of hydrogen-bond donors (Lipinski definition) is 1. The van der Waals surface area contributed by atoms with Crippen LogP contribution < -0.4 is 5.73 Å². The number of anilines is 1. The van der Waals surface area contributed by atoms with Gasteiger partial charge in [0.25, 0.3) is 0 Å². The quantitative estimate of drug-likeness (QED) is 0.844. The number of rotatable bonds is 4. The van der Waals surface area contributed by atoms with Gasteiger partial charge in [-0.15, -0.1) is 0 Å². The molecule has 0 unspecified atom stereocenters. The first-order chi connectivity index (χ1) is 8.65. The Morgan fingerprint density at radius 3 is 2.72 bits per heavy atom. The third-order valence-electron chi connectivity index (χ3n) is 2.85. The fraction of sp³-hybridized carbons (Fsp3) is 0.385. The van der Waals surface area contributed by atoms with Crippen LogP contribution in [0.4, 0.5) is 10.1 Å². The van der Waals surface area contributed by atoms with Crippen molar-refractivity contribution in [2.45, 2.75) is 33.2 Å². The second-order valence-electron chi connectivity index (χ2n) is 4.13. The van der Waals surface area contributed by atoms with E-state index in [0.29, 0.717) is 12.1 Å². The number of nitrogen functional groups attached to an aromatic ring is 1. The van der Waals surface area contributed by atoms with Crippen LogP contribution in [0.25, 0.3) is 0 Å². The molecule has 0 spiro atoms. The highest BCUT2D eigenvalue weighted by Crippen LogP contribution is 2.16. The average molecular weight is 248 g/mol. The molecule has 4 nitrogen and oxygen atoms in total. The summed E-state index contributed by atoms with van der Waals surface area (Å²) in [5.74, 6) is 1.29. The van der Waals surface area contributed by atoms with Crippen molar-refractivity contribution < 1.29 is 4.39 Å². The molecule has 0 aliphatic carbocycles. The Hall–Kier alpha value is -1.91. The van der Waals surface area contributed by atoms with E-state index < -0.39 is 0 Å². The van der Waals surface area contributed by atoms with Crippen molar-refractivity contribution >= 4 is 5.69 Å². The Morgan fingerprint density at radius 2 is 2.06 bits per heavy atom. The molecule has 2 rings (SSSR count). The van der Waals surface area contributed by atoms with Crippen LogP contribution in [0.2, 0.25) is 0 Å². The van der Waals surface area contributed by atoms with E-state index in [1.807, 2.05) is 13.8 Å². The monoisotopic (exact) mass is 248 g/mol. The predicted molar refractivity (Wildman–Crippen MR) is 68.7 cm³/mol. The zero-order chi connectivity index (χ0) is 13.1. The molecule has 18 heavy (non-hydrogen) atoms. The highest BCUT2D eigenvalue weighted by molar-refractivity contribution is 5.42. The average Bonchev–Trinajstić information content (AvgIpc) is 2.77. The Labute approximate surface area is 106 Å². The Kier molecular flexibility index (Phi) is 3.60. The third kappa shape index (κ3) is 2.34. The van der Waals surface area contributed by atoms with Gasteiger partial charge < -0.3 is 5.73 Å². The van der Waals surface area contributed by atoms with E-state index in [0.717, 1.165) is 24.5 Å². The summed E-state index contributed by atoms with van der Waals surface area (Å²) >= 11 is 0. The molecule has 0 bridgehead atoms. The van der Waals surface area contributed by atoms with Gasteiger partial charge in [-0.05, 0) is 6.07 Å². The molecule has 0 aliphatic heterocycles. The van der Waals surface area contributed by atoms with Crippen LogP contribution in [0.15, 0.2) is 18.2 Å². The molecule has 0 saturated heterocycles. The van der Waals surface area contributed by atoms with Crippen molar-refractivity contribution in [1.29, 1.82) is 0 Å². The molecule has 5 heteroatoms. The minimum atomic E-state index is -0.367. The topological polar surface area (TPSA) is 56.7 Å². The van der Waals surface area contributed by atoms with Gasteiger partial charge in [0.15, 0.2) is 11.6 Å². The maximum Gasteiger partial charge on any atom is 0.151 e. The van der Waals surface area contributed by atoms with Crippen molar-refractivity contribution in [3.63, 3.8) is 0 Å². The molecule has 0 amide bonds. The Morgan fingerprint density at radius 1 is 1.28 bits per heavy atom. The van der Waals surface area contributed by atoms with Crippen molar-refractivity contribution in [2.75, 3.05) is 5.73 Å². The second kappa shape index (κ2) is 5.16. The van der Waals surface area contributed by atoms with Crippen LogP contribution in [0.3, 0.4) is 0 Å². The van der Waals surface area contributed by atoms with Gasteiger partial charge in [-0.2, -0.15) is 5.10 Å². The first-order valence-corrected chi connectivity index (χ1v) is 6.11. The van der Waals surface area contributed by atoms with Gasteiger partial charge in [-0.3, -0.25) is 0 Å². The number of benzene rings is 1. The van der Waals surface area contributed by atoms with E-state index in [2.05, 4.69) is 10.1 Å². The molecule has 1 aromatic carbocycles. The molecular formula is C13H17FN4. The summed E-state index contributed by atoms with van der Waals surface area (Å²) in [7, 11) is 0. The van der Waals surface area contributed by atoms with Crippen molar-refractivity contribution in [2.24, 2.45) is 0 Å². The van der Waals surface area contributed by atoms with Crippen molar-refractivity contribution in [1.82, 2.24) is 14.8 Å². The predicted octanol–water partition coefficient (Wildman–Crippen LogP) is 2.17. The Balaban J connectivity index is 2.33. The van der Waals surface area contributed by atoms with E-state index in [1.165, 1.54) is 0 Å². The molecule has 0 radical (unpaired) electrons. The first-order valence-electron chi connectivity index (χ1n) is 6.11. The normalized spacial score (nSPS) is 10.8. The van der Waals surface area contributed by atoms with E-state index in [9.17, 15) is 4.39 Å². The molecule has 1 heterocycles. The van der Waals surface area contributed by atoms with Crippen LogP contribution >= 0.6 is 0 Å². The standard InChI is InChI=1S/C13H17FN4/c1-3-11-16-12(4-2)18(17-11)8-9-6-5-7-10(15)13(9)14/h5-7H,3-4,8,15H2,1-2H3. The molecule has 96 valence electrons. The number of halogens is 1. The summed E-state index contributed by atoms with van der Waals surface area (Å²) in [5.41, 5.74) is 6.26. The van der Waals surface area contributed by atoms with Crippen LogP contribution in [-0.2, 0) is 19.4 Å². The van der Waals surface area contributed by atoms with Gasteiger partial charge in [0.1, 0.15) is 5.82 Å². The van der Waals surface area contributed by atoms with Gasteiger partial charge >= 0.3 is 0 Å². The van der Waals surface area contributed by atoms with Crippen molar-refractivity contribution in [3.8, 4) is 0 Å². The molecular weight excluding hydrogens is 231 g/mol. The van der Waals surface area contributed by atoms with Gasteiger partial charge in [0.2, 0.25) is 0 Å². The first kappa shape index (κ1) is 12.5. The zero-order valence-electron chi connectivity index (χ0n) is 10.7. The smallest absolute Gasteiger partial charge is 0.151 e. The molecule has 0 aliphatic rings. The van der Waals surface area contributed by atoms with E-state index >= 15 is 0 Å². The lowest BCUT2D eigenvalue weighted by atomic mass is 10.2. The van der Waals surface area contributed by atoms with Gasteiger partial charge in [0, 0.05) is 18.4 Å². The summed E-state index contributed by atoms with van der Waals surface area (Å²) in [5, 5.41) is 4.36. The summed E-state index contributed by atoms with van der Waals surface area (Å²) in [6, 6.07) is 5.02. The number of nitrogens with zero attached hydrogens (tertiary/aromatic N) is 3. The maximum atomic E-state index is 13.8. The maximum absolute atomic E-state index is 13.8. The van der Waals surface area contributed by atoms with E-state index in [4.69, 9.17) is 5.73 Å². The lowest BCUT2D eigenvalue weighted by molar-refractivity contribution is 0.575. The van der Waals surface area contributed by atoms with E-state index in [1.54, 1.807) is 22.9 Å². The fourth-order valence-electron chi connectivity index (χ4n) is 1.85. The van der Waals surface area contributed by atoms with Crippen LogP contribution in [-0.4, -0.2) is 14.8 Å². The summed E-state index contributed by atoms with van der Waals surface area (Å²) in [4.78, 5) is 4.39. The van der Waals surface area contributed by atoms with Crippen molar-refractivity contribution in [3.05, 3.63) is 41.2 Å². The second-order valence-corrected chi connectivity index (χ2v) is 4.13. The highest BCUT2D eigenvalue weighted by Gasteiger charge is 2.11. The fourth-order valence-corrected chi connectivity index (χ4v) is 1.85. The van der Waals surface area contributed by atoms with Crippen LogP contribution in [0, 0.1) is 5.82 Å². The molecule has 2 N–H and O–H groups in total. The highest BCUT2D eigenvalue weighted by atomic mass is 19.1. The minimum Gasteiger partial charge on any atom is -0.396 e. The Bertz CT molecular complexity index is 548. The third-order valence-corrected chi connectivity index (χ3v) is 2.85. The zero-order valence-corrected chi connectivity index (χ0v) is 10.7. The lowest BCUT2D eigenvalue weighted by Gasteiger charge is -2.07. The van der Waals surface area contributed by atoms with Gasteiger partial charge in [-0.1, -0.05) is 26.0 Å². The number of aromatic nitrogens is 3. The minimum absolute atomic E-state index is 0.168. The summed E-state index contributed by atoms with van der Waals surface area (Å²) in [6.07, 6.45) is 1.55. The summed E-state index contributed by atoms with van der Waals surface area (Å²) < 4.78 is 15.6. The number of nitrogens with two attached hydrogens (primary N) is 1. The molecule has 0 saturated carbocycles. The van der Waals surface area contributed by atoms with Gasteiger partial charge in [-0.25, -0.2) is 14.1 Å².